The summed E-state index contributed by atoms with van der Waals surface area (Å²) in [4.78, 5) is 4.05. The van der Waals surface area contributed by atoms with Crippen LogP contribution in [0.3, 0.4) is 0 Å². The molecule has 2 aliphatic rings. The van der Waals surface area contributed by atoms with Gasteiger partial charge in [0.25, 0.3) is 0 Å². The molecule has 4 rings (SSSR count). The van der Waals surface area contributed by atoms with Gasteiger partial charge in [0.1, 0.15) is 12.7 Å². The summed E-state index contributed by atoms with van der Waals surface area (Å²) in [5.74, 6) is -0.494. The molecule has 2 heterocycles. The van der Waals surface area contributed by atoms with Crippen molar-refractivity contribution in [2.45, 2.75) is 58.0 Å². The highest BCUT2D eigenvalue weighted by molar-refractivity contribution is 5.23. The van der Waals surface area contributed by atoms with Crippen molar-refractivity contribution in [1.29, 1.82) is 0 Å². The molecule has 0 amide bonds. The Labute approximate surface area is 160 Å². The number of benzene rings is 1. The number of aliphatic hydroxyl groups is 1. The number of nitrogens with zero attached hydrogens (tertiary/aromatic N) is 3. The average molecular weight is 371 g/mol. The summed E-state index contributed by atoms with van der Waals surface area (Å²) in [6, 6.07) is 8.58. The summed E-state index contributed by atoms with van der Waals surface area (Å²) in [5.41, 5.74) is 1.10. The van der Waals surface area contributed by atoms with Crippen molar-refractivity contribution in [3.05, 3.63) is 48.0 Å². The normalized spacial score (nSPS) is 29.3. The summed E-state index contributed by atoms with van der Waals surface area (Å²) < 4.78 is 13.7. The van der Waals surface area contributed by atoms with Gasteiger partial charge in [0.05, 0.1) is 25.4 Å². The molecule has 146 valence electrons. The molecule has 1 aromatic heterocycles. The van der Waals surface area contributed by atoms with Gasteiger partial charge < -0.3 is 14.6 Å². The maximum atomic E-state index is 12.0. The van der Waals surface area contributed by atoms with Crippen molar-refractivity contribution in [2.75, 3.05) is 13.2 Å². The van der Waals surface area contributed by atoms with E-state index in [0.717, 1.165) is 19.3 Å². The Morgan fingerprint density at radius 2 is 1.89 bits per heavy atom. The molecule has 1 spiro atoms. The van der Waals surface area contributed by atoms with E-state index in [1.807, 2.05) is 13.8 Å². The van der Waals surface area contributed by atoms with Gasteiger partial charge in [0.15, 0.2) is 5.79 Å². The fraction of sp³-hybridized carbons (Fsp3) is 0.619. The lowest BCUT2D eigenvalue weighted by Gasteiger charge is -2.50. The molecule has 1 aliphatic heterocycles. The average Bonchev–Trinajstić information content (AvgIpc) is 3.22. The van der Waals surface area contributed by atoms with Gasteiger partial charge in [0.2, 0.25) is 0 Å². The topological polar surface area (TPSA) is 69.4 Å². The Morgan fingerprint density at radius 1 is 1.19 bits per heavy atom. The molecule has 1 N–H and O–H groups in total. The molecule has 27 heavy (non-hydrogen) atoms. The van der Waals surface area contributed by atoms with Crippen LogP contribution >= 0.6 is 0 Å². The molecule has 2 aromatic rings. The Bertz CT molecular complexity index is 762. The zero-order valence-corrected chi connectivity index (χ0v) is 16.4. The van der Waals surface area contributed by atoms with Crippen LogP contribution in [-0.2, 0) is 22.4 Å². The SMILES string of the molecule is Cc1ccc(CC2CCC3(COC(C)(C)OC3)C2(O)Cn2cncn2)cc1. The summed E-state index contributed by atoms with van der Waals surface area (Å²) >= 11 is 0. The second-order valence-corrected chi connectivity index (χ2v) is 8.70. The summed E-state index contributed by atoms with van der Waals surface area (Å²) in [6.45, 7) is 7.33. The Kier molecular flexibility index (Phi) is 4.61. The molecular formula is C21H29N3O3. The third-order valence-corrected chi connectivity index (χ3v) is 6.43. The first-order chi connectivity index (χ1) is 12.8. The first-order valence-corrected chi connectivity index (χ1v) is 9.70. The lowest BCUT2D eigenvalue weighted by molar-refractivity contribution is -0.313. The van der Waals surface area contributed by atoms with Crippen LogP contribution < -0.4 is 0 Å². The minimum Gasteiger partial charge on any atom is -0.387 e. The predicted octanol–water partition coefficient (Wildman–Crippen LogP) is 2.74. The van der Waals surface area contributed by atoms with Gasteiger partial charge in [-0.3, -0.25) is 4.68 Å². The number of ether oxygens (including phenoxy) is 2. The quantitative estimate of drug-likeness (QED) is 0.895. The van der Waals surface area contributed by atoms with Gasteiger partial charge in [-0.15, -0.1) is 0 Å². The van der Waals surface area contributed by atoms with E-state index in [4.69, 9.17) is 9.47 Å². The largest absolute Gasteiger partial charge is 0.387 e. The van der Waals surface area contributed by atoms with Crippen molar-refractivity contribution >= 4 is 0 Å². The second-order valence-electron chi connectivity index (χ2n) is 8.70. The van der Waals surface area contributed by atoms with Gasteiger partial charge in [-0.2, -0.15) is 5.10 Å². The molecule has 1 aliphatic carbocycles. The van der Waals surface area contributed by atoms with Crippen LogP contribution in [0.4, 0.5) is 0 Å². The number of aromatic nitrogens is 3. The monoisotopic (exact) mass is 371 g/mol. The molecule has 2 fully saturated rings. The van der Waals surface area contributed by atoms with Crippen molar-refractivity contribution < 1.29 is 14.6 Å². The van der Waals surface area contributed by atoms with E-state index < -0.39 is 16.8 Å². The van der Waals surface area contributed by atoms with Gasteiger partial charge in [-0.1, -0.05) is 29.8 Å². The van der Waals surface area contributed by atoms with Gasteiger partial charge in [0, 0.05) is 5.41 Å². The van der Waals surface area contributed by atoms with Crippen molar-refractivity contribution in [1.82, 2.24) is 14.8 Å². The van der Waals surface area contributed by atoms with Crippen LogP contribution in [0.1, 0.15) is 37.8 Å². The van der Waals surface area contributed by atoms with Crippen LogP contribution in [0.5, 0.6) is 0 Å². The van der Waals surface area contributed by atoms with Crippen LogP contribution in [0.15, 0.2) is 36.9 Å². The molecule has 2 unspecified atom stereocenters. The third kappa shape index (κ3) is 3.42. The Morgan fingerprint density at radius 3 is 2.52 bits per heavy atom. The zero-order valence-electron chi connectivity index (χ0n) is 16.4. The molecular weight excluding hydrogens is 342 g/mol. The first kappa shape index (κ1) is 18.6. The fourth-order valence-corrected chi connectivity index (χ4v) is 4.58. The molecule has 6 nitrogen and oxygen atoms in total. The van der Waals surface area contributed by atoms with E-state index in [0.29, 0.717) is 19.8 Å². The van der Waals surface area contributed by atoms with E-state index in [1.54, 1.807) is 11.0 Å². The highest BCUT2D eigenvalue weighted by Gasteiger charge is 2.62. The standard InChI is InChI=1S/C21H29N3O3/c1-16-4-6-17(7-5-16)10-18-8-9-20(12-26-19(2,3)27-13-20)21(18,25)11-24-15-22-14-23-24/h4-7,14-15,18,25H,8-13H2,1-3H3. The van der Waals surface area contributed by atoms with E-state index >= 15 is 0 Å². The Balaban J connectivity index is 1.63. The van der Waals surface area contributed by atoms with Gasteiger partial charge >= 0.3 is 0 Å². The first-order valence-electron chi connectivity index (χ1n) is 9.70. The summed E-state index contributed by atoms with van der Waals surface area (Å²) in [6.07, 6.45) is 5.83. The van der Waals surface area contributed by atoms with Gasteiger partial charge in [-0.05, 0) is 51.5 Å². The summed E-state index contributed by atoms with van der Waals surface area (Å²) in [5, 5.41) is 16.3. The number of aryl methyl sites for hydroxylation is 1. The Hall–Kier alpha value is -1.76. The zero-order chi connectivity index (χ0) is 19.1. The lowest BCUT2D eigenvalue weighted by atomic mass is 9.70. The van der Waals surface area contributed by atoms with Crippen molar-refractivity contribution in [2.24, 2.45) is 11.3 Å². The highest BCUT2D eigenvalue weighted by atomic mass is 16.7. The van der Waals surface area contributed by atoms with E-state index in [9.17, 15) is 5.11 Å². The van der Waals surface area contributed by atoms with E-state index in [-0.39, 0.29) is 5.92 Å². The molecule has 1 saturated carbocycles. The van der Waals surface area contributed by atoms with Crippen LogP contribution in [0.25, 0.3) is 0 Å². The molecule has 0 radical (unpaired) electrons. The van der Waals surface area contributed by atoms with E-state index in [1.165, 1.54) is 17.5 Å². The van der Waals surface area contributed by atoms with Crippen molar-refractivity contribution in [3.8, 4) is 0 Å². The summed E-state index contributed by atoms with van der Waals surface area (Å²) in [7, 11) is 0. The third-order valence-electron chi connectivity index (χ3n) is 6.43. The molecule has 1 aromatic carbocycles. The molecule has 0 bridgehead atoms. The van der Waals surface area contributed by atoms with Crippen molar-refractivity contribution in [3.63, 3.8) is 0 Å². The number of hydrogen-bond acceptors (Lipinski definition) is 5. The predicted molar refractivity (Wildman–Crippen MR) is 101 cm³/mol. The fourth-order valence-electron chi connectivity index (χ4n) is 4.58. The van der Waals surface area contributed by atoms with Gasteiger partial charge in [-0.25, -0.2) is 4.98 Å². The minimum atomic E-state index is -0.970. The number of hydrogen-bond donors (Lipinski definition) is 1. The molecule has 6 heteroatoms. The molecule has 2 atom stereocenters. The van der Waals surface area contributed by atoms with Crippen LogP contribution in [0, 0.1) is 18.3 Å². The van der Waals surface area contributed by atoms with Crippen LogP contribution in [0.2, 0.25) is 0 Å². The lowest BCUT2D eigenvalue weighted by Crippen LogP contribution is -2.60. The van der Waals surface area contributed by atoms with Crippen LogP contribution in [-0.4, -0.2) is 44.5 Å². The maximum absolute atomic E-state index is 12.0. The van der Waals surface area contributed by atoms with E-state index in [2.05, 4.69) is 41.3 Å². The second kappa shape index (κ2) is 6.69. The highest BCUT2D eigenvalue weighted by Crippen LogP contribution is 2.54. The molecule has 1 saturated heterocycles. The smallest absolute Gasteiger partial charge is 0.162 e. The minimum absolute atomic E-state index is 0.109. The number of rotatable bonds is 4. The maximum Gasteiger partial charge on any atom is 0.162 e.